The highest BCUT2D eigenvalue weighted by molar-refractivity contribution is 5.81. The molecule has 1 aliphatic rings. The van der Waals surface area contributed by atoms with E-state index < -0.39 is 0 Å². The van der Waals surface area contributed by atoms with E-state index in [1.165, 1.54) is 6.42 Å². The predicted molar refractivity (Wildman–Crippen MR) is 77.4 cm³/mol. The van der Waals surface area contributed by atoms with Crippen molar-refractivity contribution in [1.82, 2.24) is 9.88 Å². The zero-order valence-electron chi connectivity index (χ0n) is 12.1. The second kappa shape index (κ2) is 5.27. The number of rotatable bonds is 2. The molecule has 1 fully saturated rings. The fraction of sp³-hybridized carbons (Fsp3) is 0.500. The zero-order valence-corrected chi connectivity index (χ0v) is 12.1. The van der Waals surface area contributed by atoms with E-state index in [0.717, 1.165) is 36.2 Å². The van der Waals surface area contributed by atoms with Crippen LogP contribution in [0.2, 0.25) is 0 Å². The van der Waals surface area contributed by atoms with E-state index in [2.05, 4.69) is 11.9 Å². The van der Waals surface area contributed by atoms with Gasteiger partial charge in [-0.15, -0.1) is 0 Å². The van der Waals surface area contributed by atoms with Crippen LogP contribution in [0, 0.1) is 12.8 Å². The van der Waals surface area contributed by atoms with Crippen LogP contribution >= 0.6 is 0 Å². The molecule has 106 valence electrons. The van der Waals surface area contributed by atoms with Gasteiger partial charge in [0, 0.05) is 20.0 Å². The Bertz CT molecular complexity index is 632. The molecule has 1 unspecified atom stereocenters. The third-order valence-electron chi connectivity index (χ3n) is 3.92. The van der Waals surface area contributed by atoms with Crippen molar-refractivity contribution in [3.05, 3.63) is 29.7 Å². The van der Waals surface area contributed by atoms with E-state index in [1.807, 2.05) is 30.0 Å². The molecular formula is C16H20N2O2. The number of carbonyl (C=O) groups excluding carboxylic acids is 1. The summed E-state index contributed by atoms with van der Waals surface area (Å²) in [5.74, 6) is 1.49. The van der Waals surface area contributed by atoms with E-state index in [0.29, 0.717) is 18.2 Å². The summed E-state index contributed by atoms with van der Waals surface area (Å²) in [4.78, 5) is 18.6. The van der Waals surface area contributed by atoms with Crippen LogP contribution in [0.25, 0.3) is 11.1 Å². The molecule has 1 aromatic heterocycles. The molecule has 0 aliphatic carbocycles. The summed E-state index contributed by atoms with van der Waals surface area (Å²) in [7, 11) is 0. The number of hydrogen-bond donors (Lipinski definition) is 0. The van der Waals surface area contributed by atoms with Gasteiger partial charge >= 0.3 is 0 Å². The summed E-state index contributed by atoms with van der Waals surface area (Å²) in [5, 5.41) is 0. The number of carbonyl (C=O) groups is 1. The molecule has 2 heterocycles. The molecule has 4 nitrogen and oxygen atoms in total. The minimum Gasteiger partial charge on any atom is -0.441 e. The number of likely N-dealkylation sites (tertiary alicyclic amines) is 1. The number of aromatic nitrogens is 1. The Balaban J connectivity index is 1.73. The van der Waals surface area contributed by atoms with Crippen LogP contribution in [-0.2, 0) is 11.2 Å². The van der Waals surface area contributed by atoms with Crippen LogP contribution in [0.15, 0.2) is 22.6 Å². The lowest BCUT2D eigenvalue weighted by Gasteiger charge is -2.31. The summed E-state index contributed by atoms with van der Waals surface area (Å²) >= 11 is 0. The third-order valence-corrected chi connectivity index (χ3v) is 3.92. The molecule has 1 aromatic carbocycles. The van der Waals surface area contributed by atoms with Crippen molar-refractivity contribution >= 4 is 17.0 Å². The molecule has 20 heavy (non-hydrogen) atoms. The van der Waals surface area contributed by atoms with Crippen molar-refractivity contribution < 1.29 is 9.21 Å². The first kappa shape index (κ1) is 13.2. The summed E-state index contributed by atoms with van der Waals surface area (Å²) in [5.41, 5.74) is 2.61. The van der Waals surface area contributed by atoms with Crippen LogP contribution in [0.4, 0.5) is 0 Å². The Kier molecular flexibility index (Phi) is 3.47. The Morgan fingerprint density at radius 1 is 1.50 bits per heavy atom. The molecule has 1 amide bonds. The monoisotopic (exact) mass is 272 g/mol. The van der Waals surface area contributed by atoms with Crippen molar-refractivity contribution in [3.63, 3.8) is 0 Å². The number of nitrogens with zero attached hydrogens (tertiary/aromatic N) is 2. The molecule has 1 saturated heterocycles. The zero-order chi connectivity index (χ0) is 14.1. The Morgan fingerprint density at radius 3 is 3.15 bits per heavy atom. The van der Waals surface area contributed by atoms with E-state index >= 15 is 0 Å². The Labute approximate surface area is 118 Å². The maximum Gasteiger partial charge on any atom is 0.227 e. The number of fused-ring (bicyclic) bond motifs is 1. The van der Waals surface area contributed by atoms with Gasteiger partial charge in [0.15, 0.2) is 11.5 Å². The van der Waals surface area contributed by atoms with E-state index in [4.69, 9.17) is 4.42 Å². The molecule has 0 spiro atoms. The summed E-state index contributed by atoms with van der Waals surface area (Å²) < 4.78 is 5.52. The van der Waals surface area contributed by atoms with Crippen LogP contribution in [-0.4, -0.2) is 28.9 Å². The number of oxazole rings is 1. The van der Waals surface area contributed by atoms with E-state index in [-0.39, 0.29) is 5.91 Å². The van der Waals surface area contributed by atoms with Crippen LogP contribution in [0.3, 0.4) is 0 Å². The standard InChI is InChI=1S/C16H20N2O2/c1-11-4-3-7-18(10-11)16(19)9-13-5-6-14-15(8-13)20-12(2)17-14/h5-6,8,11H,3-4,7,9-10H2,1-2H3. The van der Waals surface area contributed by atoms with Crippen molar-refractivity contribution in [3.8, 4) is 0 Å². The first-order valence-electron chi connectivity index (χ1n) is 7.25. The first-order valence-corrected chi connectivity index (χ1v) is 7.25. The van der Waals surface area contributed by atoms with Gasteiger partial charge in [-0.05, 0) is 36.5 Å². The third kappa shape index (κ3) is 2.69. The van der Waals surface area contributed by atoms with Gasteiger partial charge in [-0.3, -0.25) is 4.79 Å². The van der Waals surface area contributed by atoms with Gasteiger partial charge in [0.1, 0.15) is 5.52 Å². The average Bonchev–Trinajstić information content (AvgIpc) is 2.78. The second-order valence-corrected chi connectivity index (χ2v) is 5.80. The highest BCUT2D eigenvalue weighted by Crippen LogP contribution is 2.19. The topological polar surface area (TPSA) is 46.3 Å². The number of piperidine rings is 1. The molecule has 2 aromatic rings. The molecule has 4 heteroatoms. The fourth-order valence-electron chi connectivity index (χ4n) is 2.90. The highest BCUT2D eigenvalue weighted by Gasteiger charge is 2.21. The SMILES string of the molecule is Cc1nc2ccc(CC(=O)N3CCCC(C)C3)cc2o1. The Hall–Kier alpha value is -1.84. The van der Waals surface area contributed by atoms with Crippen LogP contribution in [0.1, 0.15) is 31.2 Å². The van der Waals surface area contributed by atoms with Crippen molar-refractivity contribution in [2.75, 3.05) is 13.1 Å². The van der Waals surface area contributed by atoms with Crippen LogP contribution in [0.5, 0.6) is 0 Å². The second-order valence-electron chi connectivity index (χ2n) is 5.80. The van der Waals surface area contributed by atoms with Gasteiger partial charge in [-0.25, -0.2) is 4.98 Å². The van der Waals surface area contributed by atoms with Gasteiger partial charge in [0.25, 0.3) is 0 Å². The predicted octanol–water partition coefficient (Wildman–Crippen LogP) is 2.94. The number of benzene rings is 1. The number of hydrogen-bond acceptors (Lipinski definition) is 3. The molecule has 0 bridgehead atoms. The molecule has 3 rings (SSSR count). The summed E-state index contributed by atoms with van der Waals surface area (Å²) in [6.07, 6.45) is 2.79. The lowest BCUT2D eigenvalue weighted by molar-refractivity contribution is -0.132. The largest absolute Gasteiger partial charge is 0.441 e. The molecule has 0 radical (unpaired) electrons. The van der Waals surface area contributed by atoms with E-state index in [1.54, 1.807) is 0 Å². The normalized spacial score (nSPS) is 19.5. The first-order chi connectivity index (χ1) is 9.61. The minimum absolute atomic E-state index is 0.215. The number of amides is 1. The van der Waals surface area contributed by atoms with Crippen LogP contribution < -0.4 is 0 Å². The smallest absolute Gasteiger partial charge is 0.227 e. The molecular weight excluding hydrogens is 252 g/mol. The maximum atomic E-state index is 12.3. The lowest BCUT2D eigenvalue weighted by atomic mass is 9.99. The molecule has 0 N–H and O–H groups in total. The van der Waals surface area contributed by atoms with Crippen molar-refractivity contribution in [2.45, 2.75) is 33.1 Å². The maximum absolute atomic E-state index is 12.3. The summed E-state index contributed by atoms with van der Waals surface area (Å²) in [6, 6.07) is 5.82. The van der Waals surface area contributed by atoms with E-state index in [9.17, 15) is 4.79 Å². The van der Waals surface area contributed by atoms with Crippen molar-refractivity contribution in [2.24, 2.45) is 5.92 Å². The van der Waals surface area contributed by atoms with Gasteiger partial charge < -0.3 is 9.32 Å². The minimum atomic E-state index is 0.215. The fourth-order valence-corrected chi connectivity index (χ4v) is 2.90. The molecule has 0 saturated carbocycles. The molecule has 1 aliphatic heterocycles. The van der Waals surface area contributed by atoms with Gasteiger partial charge in [-0.1, -0.05) is 13.0 Å². The van der Waals surface area contributed by atoms with Gasteiger partial charge in [0.2, 0.25) is 5.91 Å². The summed E-state index contributed by atoms with van der Waals surface area (Å²) in [6.45, 7) is 5.83. The van der Waals surface area contributed by atoms with Gasteiger partial charge in [0.05, 0.1) is 6.42 Å². The van der Waals surface area contributed by atoms with Crippen molar-refractivity contribution in [1.29, 1.82) is 0 Å². The number of aryl methyl sites for hydroxylation is 1. The quantitative estimate of drug-likeness (QED) is 0.844. The average molecular weight is 272 g/mol. The Morgan fingerprint density at radius 2 is 2.35 bits per heavy atom. The van der Waals surface area contributed by atoms with Gasteiger partial charge in [-0.2, -0.15) is 0 Å². The highest BCUT2D eigenvalue weighted by atomic mass is 16.3. The molecule has 1 atom stereocenters. The lowest BCUT2D eigenvalue weighted by Crippen LogP contribution is -2.39.